The average molecular weight is 217 g/mol. The van der Waals surface area contributed by atoms with Crippen molar-refractivity contribution in [2.75, 3.05) is 0 Å². The summed E-state index contributed by atoms with van der Waals surface area (Å²) in [5.41, 5.74) is 0.0644. The van der Waals surface area contributed by atoms with E-state index in [4.69, 9.17) is 0 Å². The van der Waals surface area contributed by atoms with Crippen LogP contribution in [-0.4, -0.2) is 10.6 Å². The zero-order valence-corrected chi connectivity index (χ0v) is 8.36. The van der Waals surface area contributed by atoms with E-state index in [-0.39, 0.29) is 5.41 Å². The van der Waals surface area contributed by atoms with Gasteiger partial charge in [0.05, 0.1) is 0 Å². The van der Waals surface area contributed by atoms with Crippen molar-refractivity contribution in [3.8, 4) is 0 Å². The lowest BCUT2D eigenvalue weighted by Gasteiger charge is -2.30. The fraction of sp³-hybridized carbons (Fsp3) is 0.889. The van der Waals surface area contributed by atoms with Gasteiger partial charge < -0.3 is 0 Å². The van der Waals surface area contributed by atoms with Crippen LogP contribution in [0.15, 0.2) is 0 Å². The van der Waals surface area contributed by atoms with Crippen LogP contribution in [0.2, 0.25) is 0 Å². The third-order valence-electron chi connectivity index (χ3n) is 3.34. The zero-order valence-electron chi connectivity index (χ0n) is 6.77. The summed E-state index contributed by atoms with van der Waals surface area (Å²) in [6, 6.07) is 0. The van der Waals surface area contributed by atoms with Gasteiger partial charge in [-0.3, -0.25) is 4.79 Å². The Balaban J connectivity index is 2.25. The number of ketones is 1. The molecule has 2 heteroatoms. The summed E-state index contributed by atoms with van der Waals surface area (Å²) in [6.45, 7) is 2.13. The van der Waals surface area contributed by atoms with Crippen LogP contribution >= 0.6 is 15.9 Å². The monoisotopic (exact) mass is 216 g/mol. The molecule has 2 aliphatic carbocycles. The molecule has 2 saturated carbocycles. The molecule has 0 heterocycles. The van der Waals surface area contributed by atoms with Crippen LogP contribution in [0.25, 0.3) is 0 Å². The number of halogens is 1. The Labute approximate surface area is 75.7 Å². The number of carbonyl (C=O) groups excluding carboxylic acids is 1. The number of rotatable bonds is 0. The van der Waals surface area contributed by atoms with Gasteiger partial charge in [0.2, 0.25) is 0 Å². The van der Waals surface area contributed by atoms with Gasteiger partial charge in [0.15, 0.2) is 0 Å². The summed E-state index contributed by atoms with van der Waals surface area (Å²) >= 11 is 3.59. The summed E-state index contributed by atoms with van der Waals surface area (Å²) in [5, 5.41) is 0. The van der Waals surface area contributed by atoms with Crippen LogP contribution in [0.5, 0.6) is 0 Å². The number of hydrogen-bond donors (Lipinski definition) is 0. The van der Waals surface area contributed by atoms with Gasteiger partial charge in [-0.1, -0.05) is 22.9 Å². The molecule has 2 bridgehead atoms. The molecular formula is C9H13BrO. The molecule has 0 aromatic carbocycles. The maximum atomic E-state index is 11.6. The highest BCUT2D eigenvalue weighted by atomic mass is 79.9. The van der Waals surface area contributed by atoms with E-state index in [1.165, 1.54) is 6.42 Å². The highest BCUT2D eigenvalue weighted by Gasteiger charge is 2.47. The van der Waals surface area contributed by atoms with E-state index in [9.17, 15) is 4.79 Å². The minimum atomic E-state index is 0.0644. The normalized spacial score (nSPS) is 49.8. The van der Waals surface area contributed by atoms with Crippen LogP contribution < -0.4 is 0 Å². The summed E-state index contributed by atoms with van der Waals surface area (Å²) in [4.78, 5) is 12.0. The van der Waals surface area contributed by atoms with Gasteiger partial charge in [0, 0.05) is 16.7 Å². The Morgan fingerprint density at radius 2 is 2.36 bits per heavy atom. The van der Waals surface area contributed by atoms with Gasteiger partial charge in [-0.2, -0.15) is 0 Å². The van der Waals surface area contributed by atoms with Gasteiger partial charge in [0.1, 0.15) is 5.78 Å². The fourth-order valence-corrected chi connectivity index (χ4v) is 3.18. The summed E-state index contributed by atoms with van der Waals surface area (Å²) in [6.07, 6.45) is 4.26. The number of carbonyl (C=O) groups is 1. The molecule has 1 nitrogen and oxygen atoms in total. The first-order valence-corrected chi connectivity index (χ1v) is 5.21. The molecule has 3 atom stereocenters. The van der Waals surface area contributed by atoms with Crippen LogP contribution in [0.3, 0.4) is 0 Å². The van der Waals surface area contributed by atoms with Crippen molar-refractivity contribution in [2.24, 2.45) is 11.3 Å². The van der Waals surface area contributed by atoms with E-state index in [0.717, 1.165) is 25.2 Å². The molecule has 2 aliphatic rings. The van der Waals surface area contributed by atoms with E-state index < -0.39 is 0 Å². The molecule has 0 N–H and O–H groups in total. The molecule has 0 amide bonds. The second-order valence-corrected chi connectivity index (χ2v) is 5.38. The molecule has 0 aromatic heterocycles. The van der Waals surface area contributed by atoms with Gasteiger partial charge in [0.25, 0.3) is 0 Å². The predicted octanol–water partition coefficient (Wildman–Crippen LogP) is 2.53. The van der Waals surface area contributed by atoms with E-state index in [0.29, 0.717) is 10.6 Å². The van der Waals surface area contributed by atoms with E-state index in [2.05, 4.69) is 22.9 Å². The van der Waals surface area contributed by atoms with E-state index in [1.54, 1.807) is 0 Å². The lowest BCUT2D eigenvalue weighted by atomic mass is 9.76. The van der Waals surface area contributed by atoms with Gasteiger partial charge in [-0.05, 0) is 25.2 Å². The van der Waals surface area contributed by atoms with Crippen molar-refractivity contribution in [2.45, 2.75) is 37.4 Å². The number of hydrogen-bond acceptors (Lipinski definition) is 1. The molecule has 2 rings (SSSR count). The minimum Gasteiger partial charge on any atom is -0.299 e. The Morgan fingerprint density at radius 3 is 3.09 bits per heavy atom. The number of alkyl halides is 1. The van der Waals surface area contributed by atoms with Crippen molar-refractivity contribution >= 4 is 21.7 Å². The average Bonchev–Trinajstić information content (AvgIpc) is 2.28. The summed E-state index contributed by atoms with van der Waals surface area (Å²) < 4.78 is 0. The number of fused-ring (bicyclic) bond motifs is 2. The molecule has 0 saturated heterocycles. The first-order chi connectivity index (χ1) is 5.12. The second-order valence-electron chi connectivity index (χ2n) is 4.21. The molecule has 62 valence electrons. The van der Waals surface area contributed by atoms with Crippen molar-refractivity contribution in [3.05, 3.63) is 0 Å². The van der Waals surface area contributed by atoms with Crippen LogP contribution in [-0.2, 0) is 4.79 Å². The molecule has 0 aliphatic heterocycles. The first-order valence-electron chi connectivity index (χ1n) is 4.29. The second kappa shape index (κ2) is 2.32. The molecular weight excluding hydrogens is 204 g/mol. The fourth-order valence-electron chi connectivity index (χ4n) is 2.44. The van der Waals surface area contributed by atoms with E-state index in [1.807, 2.05) is 0 Å². The van der Waals surface area contributed by atoms with Gasteiger partial charge in [-0.25, -0.2) is 0 Å². The quantitative estimate of drug-likeness (QED) is 0.570. The molecule has 1 unspecified atom stereocenters. The first kappa shape index (κ1) is 7.78. The van der Waals surface area contributed by atoms with Crippen molar-refractivity contribution in [1.82, 2.24) is 0 Å². The SMILES string of the molecule is C[C@@]12CCC(C1)[C@H](Br)CC2=O. The van der Waals surface area contributed by atoms with Crippen molar-refractivity contribution < 1.29 is 4.79 Å². The lowest BCUT2D eigenvalue weighted by molar-refractivity contribution is -0.129. The Hall–Kier alpha value is 0.150. The largest absolute Gasteiger partial charge is 0.299 e. The highest BCUT2D eigenvalue weighted by Crippen LogP contribution is 2.50. The van der Waals surface area contributed by atoms with Crippen molar-refractivity contribution in [3.63, 3.8) is 0 Å². The smallest absolute Gasteiger partial charge is 0.139 e. The molecule has 2 fully saturated rings. The zero-order chi connectivity index (χ0) is 8.06. The molecule has 0 radical (unpaired) electrons. The third-order valence-corrected chi connectivity index (χ3v) is 4.42. The van der Waals surface area contributed by atoms with Gasteiger partial charge in [-0.15, -0.1) is 0 Å². The molecule has 0 aromatic rings. The van der Waals surface area contributed by atoms with Gasteiger partial charge >= 0.3 is 0 Å². The predicted molar refractivity (Wildman–Crippen MR) is 47.8 cm³/mol. The topological polar surface area (TPSA) is 17.1 Å². The summed E-state index contributed by atoms with van der Waals surface area (Å²) in [7, 11) is 0. The minimum absolute atomic E-state index is 0.0644. The molecule has 11 heavy (non-hydrogen) atoms. The Kier molecular flexibility index (Phi) is 1.64. The van der Waals surface area contributed by atoms with E-state index >= 15 is 0 Å². The van der Waals surface area contributed by atoms with Crippen LogP contribution in [0.4, 0.5) is 0 Å². The highest BCUT2D eigenvalue weighted by molar-refractivity contribution is 9.09. The Morgan fingerprint density at radius 1 is 1.64 bits per heavy atom. The maximum absolute atomic E-state index is 11.6. The molecule has 0 spiro atoms. The Bertz CT molecular complexity index is 202. The number of Topliss-reactive ketones (excluding diaryl/α,β-unsaturated/α-hetero) is 1. The maximum Gasteiger partial charge on any atom is 0.139 e. The van der Waals surface area contributed by atoms with Crippen molar-refractivity contribution in [1.29, 1.82) is 0 Å². The lowest BCUT2D eigenvalue weighted by Crippen LogP contribution is -2.33. The van der Waals surface area contributed by atoms with Crippen LogP contribution in [0.1, 0.15) is 32.6 Å². The third kappa shape index (κ3) is 1.07. The standard InChI is InChI=1S/C9H13BrO/c1-9-3-2-6(5-9)7(10)4-8(9)11/h6-7H,2-5H2,1H3/t6?,7-,9-/m1/s1. The van der Waals surface area contributed by atoms with Crippen LogP contribution in [0, 0.1) is 11.3 Å². The summed E-state index contributed by atoms with van der Waals surface area (Å²) in [5.74, 6) is 1.26.